The Morgan fingerprint density at radius 1 is 0.717 bits per heavy atom. The quantitative estimate of drug-likeness (QED) is 0.153. The van der Waals surface area contributed by atoms with Crippen LogP contribution in [-0.4, -0.2) is 76.3 Å². The van der Waals surface area contributed by atoms with Crippen LogP contribution in [0.2, 0.25) is 10.0 Å². The first-order valence-electron chi connectivity index (χ1n) is 21.1. The minimum Gasteiger partial charge on any atom is -0.450 e. The van der Waals surface area contributed by atoms with E-state index < -0.39 is 10.3 Å². The second-order valence-corrected chi connectivity index (χ2v) is 17.5. The number of nitrogen functional groups attached to an aromatic ring is 1. The maximum atomic E-state index is 12.2. The predicted octanol–water partition coefficient (Wildman–Crippen LogP) is 9.51. The molecule has 4 aromatic rings. The Labute approximate surface area is 361 Å². The molecule has 4 aliphatic rings. The van der Waals surface area contributed by atoms with Crippen molar-refractivity contribution in [1.82, 2.24) is 19.8 Å². The molecule has 12 nitrogen and oxygen atoms in total. The Balaban J connectivity index is 0.000000182. The van der Waals surface area contributed by atoms with Crippen LogP contribution in [0.15, 0.2) is 60.9 Å². The molecule has 2 aromatic carbocycles. The van der Waals surface area contributed by atoms with Gasteiger partial charge in [0.25, 0.3) is 5.69 Å². The van der Waals surface area contributed by atoms with Crippen LogP contribution in [0.5, 0.6) is 0 Å². The SMILES string of the molecule is CCOC(=O)N1CCC(C2(C)c3ccc(Cl)cc3CCc3cc(N)cnc32)CC1.CCOC(=O)N1CCC(C2(C)c3ccc(Cl)cc3CCc3cc([N+](=O)[O-])cnc32)CC1. The highest BCUT2D eigenvalue weighted by atomic mass is 35.5. The number of piperidine rings is 2. The minimum atomic E-state index is -0.429. The molecular weight excluding hydrogens is 803 g/mol. The Hall–Kier alpha value is -4.94. The molecule has 2 aliphatic heterocycles. The van der Waals surface area contributed by atoms with Crippen LogP contribution in [-0.2, 0) is 46.0 Å². The third-order valence-electron chi connectivity index (χ3n) is 13.4. The summed E-state index contributed by atoms with van der Waals surface area (Å²) in [7, 11) is 0. The number of nitro groups is 1. The molecule has 2 atom stereocenters. The molecule has 0 bridgehead atoms. The summed E-state index contributed by atoms with van der Waals surface area (Å²) in [6, 6.07) is 16.0. The van der Waals surface area contributed by atoms with Crippen LogP contribution in [0, 0.1) is 22.0 Å². The highest BCUT2D eigenvalue weighted by Gasteiger charge is 2.46. The average Bonchev–Trinajstić information content (AvgIpc) is 3.44. The predicted molar refractivity (Wildman–Crippen MR) is 233 cm³/mol. The highest BCUT2D eigenvalue weighted by molar-refractivity contribution is 6.31. The number of carbonyl (C=O) groups excluding carboxylic acids is 2. The molecule has 0 spiro atoms. The number of carbonyl (C=O) groups is 2. The summed E-state index contributed by atoms with van der Waals surface area (Å²) >= 11 is 12.6. The van der Waals surface area contributed by atoms with Gasteiger partial charge >= 0.3 is 12.2 Å². The first-order valence-corrected chi connectivity index (χ1v) is 21.8. The van der Waals surface area contributed by atoms with E-state index in [1.807, 2.05) is 30.0 Å². The number of ether oxygens (including phenoxy) is 2. The van der Waals surface area contributed by atoms with Crippen LogP contribution in [0.4, 0.5) is 21.0 Å². The second kappa shape index (κ2) is 18.0. The lowest BCUT2D eigenvalue weighted by molar-refractivity contribution is -0.385. The van der Waals surface area contributed by atoms with Gasteiger partial charge in [0.1, 0.15) is 6.20 Å². The van der Waals surface area contributed by atoms with Gasteiger partial charge in [-0.3, -0.25) is 20.1 Å². The van der Waals surface area contributed by atoms with E-state index in [1.165, 1.54) is 28.5 Å². The van der Waals surface area contributed by atoms with Gasteiger partial charge in [-0.2, -0.15) is 0 Å². The molecular formula is C46H54Cl2N6O6. The molecule has 60 heavy (non-hydrogen) atoms. The molecule has 14 heteroatoms. The third-order valence-corrected chi connectivity index (χ3v) is 13.9. The number of fused-ring (bicyclic) bond motifs is 4. The molecule has 2 saturated heterocycles. The van der Waals surface area contributed by atoms with Gasteiger partial charge in [0.2, 0.25) is 0 Å². The number of nitrogens with two attached hydrogens (primary N) is 1. The molecule has 2 fully saturated rings. The molecule has 2 aromatic heterocycles. The Morgan fingerprint density at radius 3 is 1.57 bits per heavy atom. The van der Waals surface area contributed by atoms with Gasteiger partial charge in [0.05, 0.1) is 41.4 Å². The first-order chi connectivity index (χ1) is 28.8. The fourth-order valence-corrected chi connectivity index (χ4v) is 10.7. The van der Waals surface area contributed by atoms with E-state index in [-0.39, 0.29) is 29.2 Å². The fourth-order valence-electron chi connectivity index (χ4n) is 10.3. The van der Waals surface area contributed by atoms with E-state index in [0.29, 0.717) is 62.4 Å². The van der Waals surface area contributed by atoms with Crippen molar-refractivity contribution in [2.45, 2.75) is 89.9 Å². The van der Waals surface area contributed by atoms with Crippen molar-refractivity contribution in [2.24, 2.45) is 11.8 Å². The van der Waals surface area contributed by atoms with Crippen molar-refractivity contribution in [3.63, 3.8) is 0 Å². The number of halogens is 2. The lowest BCUT2D eigenvalue weighted by Crippen LogP contribution is -2.45. The molecule has 2 amide bonds. The third kappa shape index (κ3) is 8.37. The number of pyridine rings is 2. The van der Waals surface area contributed by atoms with E-state index in [4.69, 9.17) is 43.4 Å². The van der Waals surface area contributed by atoms with E-state index >= 15 is 0 Å². The minimum absolute atomic E-state index is 0.0159. The lowest BCUT2D eigenvalue weighted by atomic mass is 9.64. The van der Waals surface area contributed by atoms with Crippen LogP contribution in [0.1, 0.15) is 98.1 Å². The van der Waals surface area contributed by atoms with Gasteiger partial charge in [0.15, 0.2) is 0 Å². The number of rotatable bonds is 5. The number of amides is 2. The van der Waals surface area contributed by atoms with Gasteiger partial charge in [-0.15, -0.1) is 0 Å². The fraction of sp³-hybridized carbons (Fsp3) is 0.478. The maximum absolute atomic E-state index is 12.2. The van der Waals surface area contributed by atoms with E-state index in [9.17, 15) is 19.7 Å². The lowest BCUT2D eigenvalue weighted by Gasteiger charge is -2.43. The summed E-state index contributed by atoms with van der Waals surface area (Å²) in [4.78, 5) is 48.4. The number of benzene rings is 2. The first kappa shape index (κ1) is 43.2. The zero-order chi connectivity index (χ0) is 42.8. The molecule has 0 radical (unpaired) electrons. The summed E-state index contributed by atoms with van der Waals surface area (Å²) in [5, 5.41) is 12.8. The number of aromatic nitrogens is 2. The van der Waals surface area contributed by atoms with Crippen LogP contribution >= 0.6 is 23.2 Å². The average molecular weight is 858 g/mol. The standard InChI is InChI=1S/C23H26ClN3O4.C23H28ClN3O2/c1-3-31-22(28)26-10-8-17(9-11-26)23(2)20-7-6-18(24)12-15(20)4-5-16-13-19(27(29)30)14-25-21(16)23;1-3-29-22(28)27-10-8-17(9-11-27)23(2)20-7-6-18(24)12-15(20)4-5-16-13-19(25)14-26-21(16)23/h6-7,12-14,17H,3-5,8-11H2,1-2H3;6-7,12-14,17H,3-5,8-11,25H2,1-2H3. The van der Waals surface area contributed by atoms with Gasteiger partial charge in [-0.1, -0.05) is 35.3 Å². The van der Waals surface area contributed by atoms with Gasteiger partial charge in [0, 0.05) is 53.1 Å². The van der Waals surface area contributed by atoms with E-state index in [2.05, 4.69) is 43.1 Å². The smallest absolute Gasteiger partial charge is 0.409 e. The molecule has 2 aliphatic carbocycles. The number of likely N-dealkylation sites (tertiary alicyclic amines) is 2. The Kier molecular flexibility index (Phi) is 12.9. The Bertz CT molecular complexity index is 2200. The summed E-state index contributed by atoms with van der Waals surface area (Å²) in [5.41, 5.74) is 15.2. The number of hydrogen-bond acceptors (Lipinski definition) is 9. The van der Waals surface area contributed by atoms with Gasteiger partial charge in [-0.25, -0.2) is 9.59 Å². The largest absolute Gasteiger partial charge is 0.450 e. The summed E-state index contributed by atoms with van der Waals surface area (Å²) in [5.74, 6) is 0.588. The van der Waals surface area contributed by atoms with Crippen molar-refractivity contribution in [3.8, 4) is 0 Å². The molecule has 2 N–H and O–H groups in total. The van der Waals surface area contributed by atoms with Crippen molar-refractivity contribution in [2.75, 3.05) is 45.1 Å². The van der Waals surface area contributed by atoms with Crippen molar-refractivity contribution >= 4 is 46.8 Å². The molecule has 0 saturated carbocycles. The second-order valence-electron chi connectivity index (χ2n) is 16.7. The van der Waals surface area contributed by atoms with Gasteiger partial charge < -0.3 is 25.0 Å². The highest BCUT2D eigenvalue weighted by Crippen LogP contribution is 2.50. The van der Waals surface area contributed by atoms with E-state index in [0.717, 1.165) is 72.5 Å². The summed E-state index contributed by atoms with van der Waals surface area (Å²) in [6.45, 7) is 11.5. The van der Waals surface area contributed by atoms with Crippen molar-refractivity contribution in [1.29, 1.82) is 0 Å². The summed E-state index contributed by atoms with van der Waals surface area (Å²) < 4.78 is 10.4. The van der Waals surface area contributed by atoms with E-state index in [1.54, 1.807) is 24.1 Å². The van der Waals surface area contributed by atoms with Crippen LogP contribution in [0.3, 0.4) is 0 Å². The number of aryl methyl sites for hydroxylation is 4. The maximum Gasteiger partial charge on any atom is 0.409 e. The molecule has 8 rings (SSSR count). The van der Waals surface area contributed by atoms with Crippen molar-refractivity contribution < 1.29 is 24.0 Å². The van der Waals surface area contributed by atoms with Gasteiger partial charge in [-0.05, 0) is 155 Å². The normalized spacial score (nSPS) is 21.4. The van der Waals surface area contributed by atoms with Crippen LogP contribution in [0.25, 0.3) is 0 Å². The molecule has 2 unspecified atom stereocenters. The number of anilines is 1. The number of nitrogens with zero attached hydrogens (tertiary/aromatic N) is 5. The molecule has 4 heterocycles. The van der Waals surface area contributed by atoms with Crippen LogP contribution < -0.4 is 5.73 Å². The zero-order valence-corrected chi connectivity index (χ0v) is 36.4. The van der Waals surface area contributed by atoms with Crippen molar-refractivity contribution in [3.05, 3.63) is 126 Å². The zero-order valence-electron chi connectivity index (χ0n) is 34.8. The monoisotopic (exact) mass is 856 g/mol. The Morgan fingerprint density at radius 2 is 1.13 bits per heavy atom. The topological polar surface area (TPSA) is 154 Å². The summed E-state index contributed by atoms with van der Waals surface area (Å²) in [6.07, 6.45) is 9.32. The molecule has 318 valence electrons. The number of hydrogen-bond donors (Lipinski definition) is 1.